The van der Waals surface area contributed by atoms with Crippen LogP contribution in [0.4, 0.5) is 15.2 Å². The van der Waals surface area contributed by atoms with Gasteiger partial charge in [0.15, 0.2) is 5.13 Å². The summed E-state index contributed by atoms with van der Waals surface area (Å²) >= 11 is 1.34. The fourth-order valence-electron chi connectivity index (χ4n) is 2.39. The molecule has 3 aromatic rings. The number of amides is 2. The Labute approximate surface area is 147 Å². The molecule has 0 bridgehead atoms. The molecule has 25 heavy (non-hydrogen) atoms. The molecule has 0 saturated heterocycles. The van der Waals surface area contributed by atoms with Gasteiger partial charge in [0.1, 0.15) is 5.82 Å². The van der Waals surface area contributed by atoms with Crippen molar-refractivity contribution in [1.29, 1.82) is 0 Å². The number of hydrogen-bond donors (Lipinski definition) is 2. The maximum atomic E-state index is 13.1. The molecule has 0 atom stereocenters. The number of aromatic nitrogens is 1. The molecule has 0 saturated carbocycles. The van der Waals surface area contributed by atoms with Crippen LogP contribution in [-0.4, -0.2) is 16.8 Å². The SMILES string of the molecule is CC(=O)Nc1ccc2nc(NC(=O)CCc3cccc(F)c3)sc2c1. The van der Waals surface area contributed by atoms with Gasteiger partial charge in [-0.15, -0.1) is 0 Å². The van der Waals surface area contributed by atoms with Gasteiger partial charge in [0.05, 0.1) is 10.2 Å². The predicted molar refractivity (Wildman–Crippen MR) is 97.3 cm³/mol. The van der Waals surface area contributed by atoms with Crippen molar-refractivity contribution >= 4 is 44.2 Å². The standard InChI is InChI=1S/C18H16FN3O2S/c1-11(23)20-14-6-7-15-16(10-14)25-18(21-15)22-17(24)8-5-12-3-2-4-13(19)9-12/h2-4,6-7,9-10H,5,8H2,1H3,(H,20,23)(H,21,22,24). The van der Waals surface area contributed by atoms with E-state index in [2.05, 4.69) is 15.6 Å². The van der Waals surface area contributed by atoms with E-state index in [0.29, 0.717) is 17.2 Å². The average molecular weight is 357 g/mol. The first-order valence-corrected chi connectivity index (χ1v) is 8.54. The van der Waals surface area contributed by atoms with Crippen LogP contribution in [0.15, 0.2) is 42.5 Å². The van der Waals surface area contributed by atoms with Crippen LogP contribution in [0.1, 0.15) is 18.9 Å². The van der Waals surface area contributed by atoms with Crippen molar-refractivity contribution in [2.24, 2.45) is 0 Å². The number of thiazole rings is 1. The quantitative estimate of drug-likeness (QED) is 0.726. The topological polar surface area (TPSA) is 71.1 Å². The van der Waals surface area contributed by atoms with Crippen molar-refractivity contribution in [2.75, 3.05) is 10.6 Å². The normalized spacial score (nSPS) is 10.6. The Bertz CT molecular complexity index is 939. The molecule has 0 radical (unpaired) electrons. The van der Waals surface area contributed by atoms with Crippen molar-refractivity contribution < 1.29 is 14.0 Å². The van der Waals surface area contributed by atoms with E-state index < -0.39 is 0 Å². The minimum absolute atomic E-state index is 0.144. The Balaban J connectivity index is 1.63. The maximum Gasteiger partial charge on any atom is 0.226 e. The highest BCUT2D eigenvalue weighted by molar-refractivity contribution is 7.22. The van der Waals surface area contributed by atoms with Gasteiger partial charge in [-0.05, 0) is 42.3 Å². The molecule has 1 aromatic heterocycles. The lowest BCUT2D eigenvalue weighted by Gasteiger charge is -2.02. The zero-order chi connectivity index (χ0) is 17.8. The van der Waals surface area contributed by atoms with Crippen LogP contribution in [0.2, 0.25) is 0 Å². The van der Waals surface area contributed by atoms with Crippen LogP contribution in [0.5, 0.6) is 0 Å². The molecule has 3 rings (SSSR count). The fourth-order valence-corrected chi connectivity index (χ4v) is 3.31. The van der Waals surface area contributed by atoms with Gasteiger partial charge in [-0.25, -0.2) is 9.37 Å². The molecule has 2 aromatic carbocycles. The monoisotopic (exact) mass is 357 g/mol. The van der Waals surface area contributed by atoms with E-state index >= 15 is 0 Å². The minimum Gasteiger partial charge on any atom is -0.326 e. The molecule has 2 N–H and O–H groups in total. The zero-order valence-electron chi connectivity index (χ0n) is 13.5. The molecular weight excluding hydrogens is 341 g/mol. The Morgan fingerprint density at radius 3 is 2.76 bits per heavy atom. The van der Waals surface area contributed by atoms with Gasteiger partial charge < -0.3 is 10.6 Å². The van der Waals surface area contributed by atoms with E-state index in [1.165, 1.54) is 30.4 Å². The number of hydrogen-bond acceptors (Lipinski definition) is 4. The summed E-state index contributed by atoms with van der Waals surface area (Å²) in [6.45, 7) is 1.45. The average Bonchev–Trinajstić information content (AvgIpc) is 2.94. The van der Waals surface area contributed by atoms with Crippen molar-refractivity contribution in [1.82, 2.24) is 4.98 Å². The predicted octanol–water partition coefficient (Wildman–Crippen LogP) is 3.97. The Morgan fingerprint density at radius 1 is 1.16 bits per heavy atom. The summed E-state index contributed by atoms with van der Waals surface area (Å²) in [7, 11) is 0. The molecular formula is C18H16FN3O2S. The first-order chi connectivity index (χ1) is 12.0. The number of aryl methyl sites for hydroxylation is 1. The van der Waals surface area contributed by atoms with Gasteiger partial charge in [0.25, 0.3) is 0 Å². The van der Waals surface area contributed by atoms with Crippen LogP contribution < -0.4 is 10.6 Å². The largest absolute Gasteiger partial charge is 0.326 e. The molecule has 0 aliphatic carbocycles. The highest BCUT2D eigenvalue weighted by atomic mass is 32.1. The van der Waals surface area contributed by atoms with Crippen molar-refractivity contribution in [3.8, 4) is 0 Å². The zero-order valence-corrected chi connectivity index (χ0v) is 14.3. The molecule has 0 aliphatic heterocycles. The van der Waals surface area contributed by atoms with Crippen LogP contribution in [0.3, 0.4) is 0 Å². The summed E-state index contributed by atoms with van der Waals surface area (Å²) in [6, 6.07) is 11.6. The second-order valence-corrected chi connectivity index (χ2v) is 6.59. The smallest absolute Gasteiger partial charge is 0.226 e. The van der Waals surface area contributed by atoms with Gasteiger partial charge in [0, 0.05) is 19.0 Å². The molecule has 0 fully saturated rings. The molecule has 0 aliphatic rings. The Kier molecular flexibility index (Phi) is 5.04. The molecule has 2 amide bonds. The van der Waals surface area contributed by atoms with Crippen molar-refractivity contribution in [3.05, 3.63) is 53.8 Å². The minimum atomic E-state index is -0.306. The Morgan fingerprint density at radius 2 is 2.00 bits per heavy atom. The van der Waals surface area contributed by atoms with Gasteiger partial charge in [-0.1, -0.05) is 23.5 Å². The second kappa shape index (κ2) is 7.40. The third kappa shape index (κ3) is 4.60. The van der Waals surface area contributed by atoms with Crippen LogP contribution in [0, 0.1) is 5.82 Å². The first kappa shape index (κ1) is 17.0. The van der Waals surface area contributed by atoms with Crippen molar-refractivity contribution in [2.45, 2.75) is 19.8 Å². The number of benzene rings is 2. The van der Waals surface area contributed by atoms with E-state index in [-0.39, 0.29) is 24.1 Å². The summed E-state index contributed by atoms with van der Waals surface area (Å²) in [6.07, 6.45) is 0.706. The maximum absolute atomic E-state index is 13.1. The number of nitrogens with one attached hydrogen (secondary N) is 2. The van der Waals surface area contributed by atoms with E-state index in [1.54, 1.807) is 24.3 Å². The highest BCUT2D eigenvalue weighted by Crippen LogP contribution is 2.28. The number of carbonyl (C=O) groups is 2. The lowest BCUT2D eigenvalue weighted by atomic mass is 10.1. The fraction of sp³-hybridized carbons (Fsp3) is 0.167. The Hall–Kier alpha value is -2.80. The summed E-state index contributed by atoms with van der Waals surface area (Å²) in [5, 5.41) is 5.98. The number of anilines is 2. The molecule has 0 spiro atoms. The van der Waals surface area contributed by atoms with Gasteiger partial charge in [-0.3, -0.25) is 9.59 Å². The lowest BCUT2D eigenvalue weighted by Crippen LogP contribution is -2.12. The van der Waals surface area contributed by atoms with Gasteiger partial charge in [-0.2, -0.15) is 0 Å². The molecule has 7 heteroatoms. The third-order valence-corrected chi connectivity index (χ3v) is 4.42. The molecule has 5 nitrogen and oxygen atoms in total. The van der Waals surface area contributed by atoms with Crippen LogP contribution >= 0.6 is 11.3 Å². The van der Waals surface area contributed by atoms with Crippen LogP contribution in [0.25, 0.3) is 10.2 Å². The first-order valence-electron chi connectivity index (χ1n) is 7.72. The molecule has 1 heterocycles. The van der Waals surface area contributed by atoms with Crippen LogP contribution in [-0.2, 0) is 16.0 Å². The summed E-state index contributed by atoms with van der Waals surface area (Å²) < 4.78 is 14.0. The van der Waals surface area contributed by atoms with E-state index in [0.717, 1.165) is 15.8 Å². The number of fused-ring (bicyclic) bond motifs is 1. The molecule has 128 valence electrons. The van der Waals surface area contributed by atoms with Gasteiger partial charge in [0.2, 0.25) is 11.8 Å². The van der Waals surface area contributed by atoms with E-state index in [4.69, 9.17) is 0 Å². The number of nitrogens with zero attached hydrogens (tertiary/aromatic N) is 1. The summed E-state index contributed by atoms with van der Waals surface area (Å²) in [5.74, 6) is -0.626. The number of rotatable bonds is 5. The summed E-state index contributed by atoms with van der Waals surface area (Å²) in [4.78, 5) is 27.5. The summed E-state index contributed by atoms with van der Waals surface area (Å²) in [5.41, 5.74) is 2.21. The second-order valence-electron chi connectivity index (χ2n) is 5.56. The number of halogens is 1. The van der Waals surface area contributed by atoms with Gasteiger partial charge >= 0.3 is 0 Å². The highest BCUT2D eigenvalue weighted by Gasteiger charge is 2.09. The lowest BCUT2D eigenvalue weighted by molar-refractivity contribution is -0.116. The third-order valence-electron chi connectivity index (χ3n) is 3.48. The molecule has 0 unspecified atom stereocenters. The van der Waals surface area contributed by atoms with E-state index in [1.807, 2.05) is 6.07 Å². The van der Waals surface area contributed by atoms with Crippen molar-refractivity contribution in [3.63, 3.8) is 0 Å². The number of carbonyl (C=O) groups excluding carboxylic acids is 2. The van der Waals surface area contributed by atoms with E-state index in [9.17, 15) is 14.0 Å².